The Labute approximate surface area is 121 Å². The van der Waals surface area contributed by atoms with Crippen molar-refractivity contribution in [3.05, 3.63) is 46.2 Å². The van der Waals surface area contributed by atoms with Gasteiger partial charge in [-0.1, -0.05) is 12.1 Å². The fourth-order valence-corrected chi connectivity index (χ4v) is 2.86. The van der Waals surface area contributed by atoms with Crippen molar-refractivity contribution in [1.29, 1.82) is 0 Å². The van der Waals surface area contributed by atoms with E-state index in [2.05, 4.69) is 0 Å². The zero-order valence-corrected chi connectivity index (χ0v) is 11.6. The third-order valence-corrected chi connectivity index (χ3v) is 4.01. The SMILES string of the molecule is O=C(O)c1cn(CC2CCOCC2)c2ccccc2c1=O. The molecule has 5 nitrogen and oxygen atoms in total. The Morgan fingerprint density at radius 2 is 2.00 bits per heavy atom. The standard InChI is InChI=1S/C16H17NO4/c18-15-12-3-1-2-4-14(12)17(10-13(15)16(19)20)9-11-5-7-21-8-6-11/h1-4,10-11H,5-9H2,(H,19,20). The van der Waals surface area contributed by atoms with Gasteiger partial charge in [0.15, 0.2) is 0 Å². The number of hydrogen-bond donors (Lipinski definition) is 1. The van der Waals surface area contributed by atoms with Crippen molar-refractivity contribution >= 4 is 16.9 Å². The van der Waals surface area contributed by atoms with Crippen LogP contribution in [0.15, 0.2) is 35.3 Å². The van der Waals surface area contributed by atoms with Crippen LogP contribution in [0.2, 0.25) is 0 Å². The maximum absolute atomic E-state index is 12.2. The number of carbonyl (C=O) groups is 1. The van der Waals surface area contributed by atoms with Crippen molar-refractivity contribution in [2.24, 2.45) is 5.92 Å². The predicted molar refractivity (Wildman–Crippen MR) is 78.7 cm³/mol. The molecule has 1 aromatic heterocycles. The largest absolute Gasteiger partial charge is 0.477 e. The second-order valence-corrected chi connectivity index (χ2v) is 5.40. The van der Waals surface area contributed by atoms with Crippen LogP contribution in [0.1, 0.15) is 23.2 Å². The topological polar surface area (TPSA) is 68.5 Å². The molecule has 1 aromatic carbocycles. The molecule has 3 rings (SSSR count). The average Bonchev–Trinajstić information content (AvgIpc) is 2.51. The van der Waals surface area contributed by atoms with Crippen LogP contribution in [0.4, 0.5) is 0 Å². The van der Waals surface area contributed by atoms with Crippen LogP contribution < -0.4 is 5.43 Å². The highest BCUT2D eigenvalue weighted by molar-refractivity contribution is 5.92. The molecule has 1 aliphatic heterocycles. The molecule has 0 bridgehead atoms. The summed E-state index contributed by atoms with van der Waals surface area (Å²) in [4.78, 5) is 23.5. The molecule has 21 heavy (non-hydrogen) atoms. The molecule has 110 valence electrons. The highest BCUT2D eigenvalue weighted by atomic mass is 16.5. The molecule has 0 atom stereocenters. The Kier molecular flexibility index (Phi) is 3.75. The van der Waals surface area contributed by atoms with E-state index in [1.54, 1.807) is 12.1 Å². The van der Waals surface area contributed by atoms with E-state index in [-0.39, 0.29) is 5.56 Å². The van der Waals surface area contributed by atoms with Crippen LogP contribution in [0.5, 0.6) is 0 Å². The summed E-state index contributed by atoms with van der Waals surface area (Å²) in [7, 11) is 0. The average molecular weight is 287 g/mol. The third kappa shape index (κ3) is 2.69. The first-order chi connectivity index (χ1) is 10.2. The van der Waals surface area contributed by atoms with Crippen molar-refractivity contribution < 1.29 is 14.6 Å². The summed E-state index contributed by atoms with van der Waals surface area (Å²) in [6, 6.07) is 7.17. The fourth-order valence-electron chi connectivity index (χ4n) is 2.86. The maximum Gasteiger partial charge on any atom is 0.341 e. The number of ether oxygens (including phenoxy) is 1. The van der Waals surface area contributed by atoms with Gasteiger partial charge in [0.1, 0.15) is 5.56 Å². The Balaban J connectivity index is 2.09. The van der Waals surface area contributed by atoms with Crippen LogP contribution in [-0.2, 0) is 11.3 Å². The lowest BCUT2D eigenvalue weighted by Crippen LogP contribution is -2.24. The fraction of sp³-hybridized carbons (Fsp3) is 0.375. The minimum atomic E-state index is -1.17. The summed E-state index contributed by atoms with van der Waals surface area (Å²) >= 11 is 0. The molecule has 0 amide bonds. The Morgan fingerprint density at radius 3 is 2.71 bits per heavy atom. The lowest BCUT2D eigenvalue weighted by atomic mass is 9.99. The van der Waals surface area contributed by atoms with Gasteiger partial charge in [-0.05, 0) is 30.9 Å². The van der Waals surface area contributed by atoms with Crippen LogP contribution in [0, 0.1) is 5.92 Å². The molecule has 2 aromatic rings. The highest BCUT2D eigenvalue weighted by Gasteiger charge is 2.18. The summed E-state index contributed by atoms with van der Waals surface area (Å²) in [5.74, 6) is -0.724. The molecular formula is C16H17NO4. The predicted octanol–water partition coefficient (Wildman–Crippen LogP) is 2.13. The van der Waals surface area contributed by atoms with Gasteiger partial charge in [-0.15, -0.1) is 0 Å². The molecule has 5 heteroatoms. The minimum absolute atomic E-state index is 0.166. The monoisotopic (exact) mass is 287 g/mol. The van der Waals surface area contributed by atoms with E-state index in [1.807, 2.05) is 16.7 Å². The molecule has 0 saturated carbocycles. The number of para-hydroxylation sites is 1. The van der Waals surface area contributed by atoms with E-state index in [0.29, 0.717) is 17.8 Å². The molecule has 1 saturated heterocycles. The number of pyridine rings is 1. The number of aromatic carboxylic acids is 1. The summed E-state index contributed by atoms with van der Waals surface area (Å²) in [5, 5.41) is 9.68. The Morgan fingerprint density at radius 1 is 1.29 bits per heavy atom. The van der Waals surface area contributed by atoms with Crippen LogP contribution in [0.25, 0.3) is 10.9 Å². The van der Waals surface area contributed by atoms with E-state index in [4.69, 9.17) is 4.74 Å². The molecule has 0 aliphatic carbocycles. The van der Waals surface area contributed by atoms with Crippen LogP contribution in [-0.4, -0.2) is 28.9 Å². The first-order valence-electron chi connectivity index (χ1n) is 7.10. The molecular weight excluding hydrogens is 270 g/mol. The maximum atomic E-state index is 12.2. The second-order valence-electron chi connectivity index (χ2n) is 5.40. The normalized spacial score (nSPS) is 16.2. The molecule has 0 unspecified atom stereocenters. The van der Waals surface area contributed by atoms with E-state index in [1.165, 1.54) is 6.20 Å². The van der Waals surface area contributed by atoms with Crippen molar-refractivity contribution in [1.82, 2.24) is 4.57 Å². The molecule has 1 fully saturated rings. The van der Waals surface area contributed by atoms with Gasteiger partial charge in [0, 0.05) is 31.3 Å². The lowest BCUT2D eigenvalue weighted by molar-refractivity contribution is 0.0613. The number of fused-ring (bicyclic) bond motifs is 1. The first kappa shape index (κ1) is 13.8. The van der Waals surface area contributed by atoms with Gasteiger partial charge in [-0.2, -0.15) is 0 Å². The molecule has 1 aliphatic rings. The second kappa shape index (κ2) is 5.69. The Bertz CT molecular complexity index is 729. The number of aromatic nitrogens is 1. The number of hydrogen-bond acceptors (Lipinski definition) is 3. The van der Waals surface area contributed by atoms with Gasteiger partial charge < -0.3 is 14.4 Å². The summed E-state index contributed by atoms with van der Waals surface area (Å²) in [6.07, 6.45) is 3.40. The molecule has 2 heterocycles. The molecule has 0 radical (unpaired) electrons. The van der Waals surface area contributed by atoms with Gasteiger partial charge >= 0.3 is 5.97 Å². The van der Waals surface area contributed by atoms with Crippen LogP contribution >= 0.6 is 0 Å². The minimum Gasteiger partial charge on any atom is -0.477 e. The number of carboxylic acids is 1. The zero-order valence-electron chi connectivity index (χ0n) is 11.6. The summed E-state index contributed by atoms with van der Waals surface area (Å²) in [6.45, 7) is 2.20. The van der Waals surface area contributed by atoms with E-state index in [0.717, 1.165) is 31.6 Å². The smallest absolute Gasteiger partial charge is 0.341 e. The quantitative estimate of drug-likeness (QED) is 0.939. The molecule has 0 spiro atoms. The van der Waals surface area contributed by atoms with Gasteiger partial charge in [-0.3, -0.25) is 4.79 Å². The van der Waals surface area contributed by atoms with E-state index >= 15 is 0 Å². The number of nitrogens with zero attached hydrogens (tertiary/aromatic N) is 1. The summed E-state index contributed by atoms with van der Waals surface area (Å²) in [5.41, 5.74) is 0.209. The van der Waals surface area contributed by atoms with E-state index < -0.39 is 11.4 Å². The zero-order chi connectivity index (χ0) is 14.8. The van der Waals surface area contributed by atoms with Gasteiger partial charge in [-0.25, -0.2) is 4.79 Å². The van der Waals surface area contributed by atoms with Gasteiger partial charge in [0.2, 0.25) is 5.43 Å². The van der Waals surface area contributed by atoms with Crippen molar-refractivity contribution in [2.75, 3.05) is 13.2 Å². The highest BCUT2D eigenvalue weighted by Crippen LogP contribution is 2.20. The first-order valence-corrected chi connectivity index (χ1v) is 7.10. The molecule has 1 N–H and O–H groups in total. The Hall–Kier alpha value is -2.14. The lowest BCUT2D eigenvalue weighted by Gasteiger charge is -2.24. The van der Waals surface area contributed by atoms with E-state index in [9.17, 15) is 14.7 Å². The number of carboxylic acid groups (broad SMARTS) is 1. The van der Waals surface area contributed by atoms with Crippen molar-refractivity contribution in [3.63, 3.8) is 0 Å². The number of benzene rings is 1. The van der Waals surface area contributed by atoms with Crippen LogP contribution in [0.3, 0.4) is 0 Å². The number of rotatable bonds is 3. The van der Waals surface area contributed by atoms with Gasteiger partial charge in [0.25, 0.3) is 0 Å². The van der Waals surface area contributed by atoms with Crippen molar-refractivity contribution in [2.45, 2.75) is 19.4 Å². The van der Waals surface area contributed by atoms with Crippen molar-refractivity contribution in [3.8, 4) is 0 Å². The van der Waals surface area contributed by atoms with Gasteiger partial charge in [0.05, 0.1) is 5.52 Å². The third-order valence-electron chi connectivity index (χ3n) is 4.01. The summed E-state index contributed by atoms with van der Waals surface area (Å²) < 4.78 is 7.25.